The summed E-state index contributed by atoms with van der Waals surface area (Å²) in [4.78, 5) is 4.24. The molecule has 0 atom stereocenters. The first kappa shape index (κ1) is 20.4. The van der Waals surface area contributed by atoms with Gasteiger partial charge < -0.3 is 9.47 Å². The molecule has 0 fully saturated rings. The standard InChI is InChI=1S/C20H20BrNO2.C2H6/c1-4-24-12-14-9-13(2)20(19(10-14)23-3)16-5-6-18(21)17-11-22-8-7-15(16)17;1-2/h5-11H,4,12H2,1-3H3;1-2H3. The lowest BCUT2D eigenvalue weighted by atomic mass is 9.93. The maximum absolute atomic E-state index is 5.70. The summed E-state index contributed by atoms with van der Waals surface area (Å²) < 4.78 is 12.3. The van der Waals surface area contributed by atoms with E-state index in [4.69, 9.17) is 9.47 Å². The smallest absolute Gasteiger partial charge is 0.127 e. The SMILES string of the molecule is CC.CCOCc1cc(C)c(-c2ccc(Br)c3cnccc23)c(OC)c1. The van der Waals surface area contributed by atoms with Crippen LogP contribution in [-0.4, -0.2) is 18.7 Å². The van der Waals surface area contributed by atoms with Gasteiger partial charge in [0.15, 0.2) is 0 Å². The number of hydrogen-bond donors (Lipinski definition) is 0. The van der Waals surface area contributed by atoms with Crippen molar-refractivity contribution >= 4 is 26.7 Å². The van der Waals surface area contributed by atoms with E-state index in [0.717, 1.165) is 37.7 Å². The van der Waals surface area contributed by atoms with Gasteiger partial charge >= 0.3 is 0 Å². The highest BCUT2D eigenvalue weighted by Crippen LogP contribution is 2.40. The predicted octanol–water partition coefficient (Wildman–Crippen LogP) is 6.54. The molecule has 1 heterocycles. The molecule has 0 aliphatic heterocycles. The van der Waals surface area contributed by atoms with Gasteiger partial charge in [0.2, 0.25) is 0 Å². The van der Waals surface area contributed by atoms with E-state index < -0.39 is 0 Å². The number of rotatable bonds is 5. The van der Waals surface area contributed by atoms with Crippen LogP contribution in [0.2, 0.25) is 0 Å². The summed E-state index contributed by atoms with van der Waals surface area (Å²) in [6.07, 6.45) is 3.71. The molecule has 1 aromatic heterocycles. The average Bonchev–Trinajstić information content (AvgIpc) is 2.68. The van der Waals surface area contributed by atoms with Crippen LogP contribution < -0.4 is 4.74 Å². The highest BCUT2D eigenvalue weighted by Gasteiger charge is 2.15. The Morgan fingerprint density at radius 2 is 1.85 bits per heavy atom. The number of methoxy groups -OCH3 is 1. The summed E-state index contributed by atoms with van der Waals surface area (Å²) in [5.74, 6) is 0.866. The molecule has 0 amide bonds. The van der Waals surface area contributed by atoms with E-state index in [1.165, 1.54) is 5.56 Å². The summed E-state index contributed by atoms with van der Waals surface area (Å²) in [5.41, 5.74) is 4.55. The number of ether oxygens (including phenoxy) is 2. The molecule has 3 nitrogen and oxygen atoms in total. The normalized spacial score (nSPS) is 10.4. The van der Waals surface area contributed by atoms with Crippen molar-refractivity contribution in [2.75, 3.05) is 13.7 Å². The molecule has 2 aromatic carbocycles. The van der Waals surface area contributed by atoms with Crippen LogP contribution in [0.25, 0.3) is 21.9 Å². The maximum Gasteiger partial charge on any atom is 0.127 e. The van der Waals surface area contributed by atoms with Crippen LogP contribution in [0.4, 0.5) is 0 Å². The Bertz CT molecular complexity index is 877. The predicted molar refractivity (Wildman–Crippen MR) is 113 cm³/mol. The third-order valence-electron chi connectivity index (χ3n) is 4.09. The van der Waals surface area contributed by atoms with Crippen molar-refractivity contribution in [3.63, 3.8) is 0 Å². The third-order valence-corrected chi connectivity index (χ3v) is 4.78. The Kier molecular flexibility index (Phi) is 7.61. The highest BCUT2D eigenvalue weighted by molar-refractivity contribution is 9.10. The van der Waals surface area contributed by atoms with Gasteiger partial charge in [-0.2, -0.15) is 0 Å². The fourth-order valence-corrected chi connectivity index (χ4v) is 3.46. The number of aromatic nitrogens is 1. The zero-order valence-electron chi connectivity index (χ0n) is 16.1. The molecule has 0 unspecified atom stereocenters. The zero-order valence-corrected chi connectivity index (χ0v) is 17.7. The van der Waals surface area contributed by atoms with Crippen LogP contribution in [0.5, 0.6) is 5.75 Å². The topological polar surface area (TPSA) is 31.4 Å². The van der Waals surface area contributed by atoms with Crippen molar-refractivity contribution < 1.29 is 9.47 Å². The van der Waals surface area contributed by atoms with Gasteiger partial charge in [0, 0.05) is 34.4 Å². The van der Waals surface area contributed by atoms with Gasteiger partial charge in [0.25, 0.3) is 0 Å². The summed E-state index contributed by atoms with van der Waals surface area (Å²) in [6, 6.07) is 10.5. The lowest BCUT2D eigenvalue weighted by Crippen LogP contribution is -1.98. The van der Waals surface area contributed by atoms with E-state index >= 15 is 0 Å². The Balaban J connectivity index is 0.00000117. The van der Waals surface area contributed by atoms with Crippen molar-refractivity contribution in [1.29, 1.82) is 0 Å². The van der Waals surface area contributed by atoms with Gasteiger partial charge in [-0.25, -0.2) is 0 Å². The van der Waals surface area contributed by atoms with Crippen molar-refractivity contribution in [2.45, 2.75) is 34.3 Å². The number of nitrogens with zero attached hydrogens (tertiary/aromatic N) is 1. The lowest BCUT2D eigenvalue weighted by Gasteiger charge is -2.16. The highest BCUT2D eigenvalue weighted by atomic mass is 79.9. The second-order valence-electron chi connectivity index (χ2n) is 5.64. The largest absolute Gasteiger partial charge is 0.496 e. The van der Waals surface area contributed by atoms with Gasteiger partial charge in [-0.05, 0) is 54.1 Å². The van der Waals surface area contributed by atoms with E-state index in [1.54, 1.807) is 7.11 Å². The quantitative estimate of drug-likeness (QED) is 0.473. The minimum absolute atomic E-state index is 0.596. The first-order chi connectivity index (χ1) is 12.7. The average molecular weight is 416 g/mol. The first-order valence-electron chi connectivity index (χ1n) is 8.93. The number of hydrogen-bond acceptors (Lipinski definition) is 3. The molecular weight excluding hydrogens is 390 g/mol. The third kappa shape index (κ3) is 4.25. The van der Waals surface area contributed by atoms with Gasteiger partial charge in [-0.1, -0.05) is 41.9 Å². The molecule has 4 heteroatoms. The van der Waals surface area contributed by atoms with Crippen LogP contribution in [0.3, 0.4) is 0 Å². The first-order valence-corrected chi connectivity index (χ1v) is 9.72. The van der Waals surface area contributed by atoms with Crippen LogP contribution in [-0.2, 0) is 11.3 Å². The number of halogens is 1. The van der Waals surface area contributed by atoms with Gasteiger partial charge in [0.05, 0.1) is 13.7 Å². The zero-order chi connectivity index (χ0) is 19.1. The number of benzene rings is 2. The molecular formula is C22H26BrNO2. The minimum Gasteiger partial charge on any atom is -0.496 e. The molecule has 0 saturated heterocycles. The number of pyridine rings is 1. The second-order valence-corrected chi connectivity index (χ2v) is 6.50. The van der Waals surface area contributed by atoms with Crippen LogP contribution in [0, 0.1) is 6.92 Å². The summed E-state index contributed by atoms with van der Waals surface area (Å²) in [6.45, 7) is 9.41. The molecule has 0 N–H and O–H groups in total. The van der Waals surface area contributed by atoms with Gasteiger partial charge in [-0.15, -0.1) is 0 Å². The number of aryl methyl sites for hydroxylation is 1. The van der Waals surface area contributed by atoms with Crippen LogP contribution in [0.1, 0.15) is 31.9 Å². The molecule has 0 aliphatic rings. The van der Waals surface area contributed by atoms with Crippen LogP contribution in [0.15, 0.2) is 47.2 Å². The molecule has 3 aromatic rings. The Hall–Kier alpha value is -1.91. The summed E-state index contributed by atoms with van der Waals surface area (Å²) >= 11 is 3.61. The second kappa shape index (κ2) is 9.70. The molecule has 138 valence electrons. The Morgan fingerprint density at radius 3 is 2.54 bits per heavy atom. The van der Waals surface area contributed by atoms with E-state index in [0.29, 0.717) is 13.2 Å². The number of fused-ring (bicyclic) bond motifs is 1. The molecule has 3 rings (SSSR count). The Labute approximate surface area is 164 Å². The fraction of sp³-hybridized carbons (Fsp3) is 0.318. The molecule has 0 aliphatic carbocycles. The summed E-state index contributed by atoms with van der Waals surface area (Å²) in [7, 11) is 1.71. The molecule has 26 heavy (non-hydrogen) atoms. The van der Waals surface area contributed by atoms with Crippen molar-refractivity contribution in [1.82, 2.24) is 4.98 Å². The molecule has 0 spiro atoms. The lowest BCUT2D eigenvalue weighted by molar-refractivity contribution is 0.134. The van der Waals surface area contributed by atoms with Crippen molar-refractivity contribution in [3.8, 4) is 16.9 Å². The van der Waals surface area contributed by atoms with E-state index in [2.05, 4.69) is 52.1 Å². The minimum atomic E-state index is 0.596. The maximum atomic E-state index is 5.70. The monoisotopic (exact) mass is 415 g/mol. The summed E-state index contributed by atoms with van der Waals surface area (Å²) in [5, 5.41) is 2.24. The van der Waals surface area contributed by atoms with E-state index in [-0.39, 0.29) is 0 Å². The van der Waals surface area contributed by atoms with Crippen LogP contribution >= 0.6 is 15.9 Å². The van der Waals surface area contributed by atoms with E-state index in [1.807, 2.05) is 39.2 Å². The van der Waals surface area contributed by atoms with Crippen molar-refractivity contribution in [3.05, 3.63) is 58.3 Å². The molecule has 0 radical (unpaired) electrons. The molecule has 0 saturated carbocycles. The Morgan fingerprint density at radius 1 is 1.08 bits per heavy atom. The van der Waals surface area contributed by atoms with E-state index in [9.17, 15) is 0 Å². The fourth-order valence-electron chi connectivity index (χ4n) is 3.01. The van der Waals surface area contributed by atoms with Gasteiger partial charge in [-0.3, -0.25) is 4.98 Å². The molecule has 0 bridgehead atoms. The van der Waals surface area contributed by atoms with Gasteiger partial charge in [0.1, 0.15) is 5.75 Å². The van der Waals surface area contributed by atoms with Crippen molar-refractivity contribution in [2.24, 2.45) is 0 Å².